The van der Waals surface area contributed by atoms with Crippen LogP contribution in [0, 0.1) is 6.92 Å². The number of imidazole rings is 1. The summed E-state index contributed by atoms with van der Waals surface area (Å²) in [5.74, 6) is 0. The molecule has 0 atom stereocenters. The number of hydrogen-bond acceptors (Lipinski definition) is 4. The largest absolute Gasteiger partial charge is 0.414 e. The second kappa shape index (κ2) is 10.5. The van der Waals surface area contributed by atoms with E-state index in [-0.39, 0.29) is 5.04 Å². The first-order valence-electron chi connectivity index (χ1n) is 14.4. The van der Waals surface area contributed by atoms with Crippen molar-refractivity contribution in [3.8, 4) is 22.4 Å². The molecule has 6 rings (SSSR count). The fourth-order valence-electron chi connectivity index (χ4n) is 5.64. The van der Waals surface area contributed by atoms with Crippen LogP contribution in [0.2, 0.25) is 28.2 Å². The Morgan fingerprint density at radius 1 is 0.976 bits per heavy atom. The summed E-state index contributed by atoms with van der Waals surface area (Å²) in [6, 6.07) is 10.1. The number of benzene rings is 1. The lowest BCUT2D eigenvalue weighted by Gasteiger charge is -2.41. The van der Waals surface area contributed by atoms with Gasteiger partial charge in [0.05, 0.1) is 33.5 Å². The number of halogens is 2. The standard InChI is InChI=1S/C32H37Cl2N5OSi/c1-20-30(29-26(33)8-7-9-27(29)34)37-31-25-16-21(17-35-28(25)14-15-38(20)31)22-18-36-39(19-22)23-10-12-24(13-11-23)40-41(5,6)32(2,3)4/h7-9,14-19,23-24H,10-13H2,1-6H3. The maximum Gasteiger partial charge on any atom is 0.192 e. The van der Waals surface area contributed by atoms with Crippen molar-refractivity contribution in [1.82, 2.24) is 24.1 Å². The van der Waals surface area contributed by atoms with Crippen LogP contribution in [0.15, 0.2) is 55.1 Å². The molecule has 0 aliphatic heterocycles. The normalized spacial score (nSPS) is 18.4. The van der Waals surface area contributed by atoms with E-state index in [1.54, 1.807) is 0 Å². The van der Waals surface area contributed by atoms with Gasteiger partial charge in [0.2, 0.25) is 0 Å². The van der Waals surface area contributed by atoms with Crippen LogP contribution in [-0.4, -0.2) is 38.6 Å². The molecule has 4 aromatic heterocycles. The number of fused-ring (bicyclic) bond motifs is 3. The van der Waals surface area contributed by atoms with Gasteiger partial charge in [0, 0.05) is 52.5 Å². The fourth-order valence-corrected chi connectivity index (χ4v) is 7.64. The second-order valence-electron chi connectivity index (χ2n) is 12.8. The molecule has 0 amide bonds. The van der Waals surface area contributed by atoms with Crippen molar-refractivity contribution in [2.45, 2.75) is 83.7 Å². The highest BCUT2D eigenvalue weighted by atomic mass is 35.5. The Hall–Kier alpha value is -2.71. The minimum atomic E-state index is -1.75. The number of aryl methyl sites for hydroxylation is 1. The molecule has 0 spiro atoms. The van der Waals surface area contributed by atoms with E-state index in [0.717, 1.165) is 70.3 Å². The molecule has 1 saturated carbocycles. The molecular weight excluding hydrogens is 569 g/mol. The number of hydrogen-bond donors (Lipinski definition) is 0. The lowest BCUT2D eigenvalue weighted by molar-refractivity contribution is 0.115. The summed E-state index contributed by atoms with van der Waals surface area (Å²) in [4.78, 5) is 9.80. The van der Waals surface area contributed by atoms with Gasteiger partial charge < -0.3 is 8.83 Å². The molecule has 1 fully saturated rings. The predicted molar refractivity (Wildman–Crippen MR) is 171 cm³/mol. The zero-order chi connectivity index (χ0) is 29.1. The van der Waals surface area contributed by atoms with E-state index < -0.39 is 8.32 Å². The van der Waals surface area contributed by atoms with E-state index >= 15 is 0 Å². The monoisotopic (exact) mass is 605 g/mol. The third kappa shape index (κ3) is 5.22. The maximum absolute atomic E-state index is 6.71. The average molecular weight is 607 g/mol. The molecule has 0 saturated heterocycles. The Bertz CT molecular complexity index is 1720. The lowest BCUT2D eigenvalue weighted by Crippen LogP contribution is -2.44. The van der Waals surface area contributed by atoms with E-state index in [0.29, 0.717) is 22.2 Å². The van der Waals surface area contributed by atoms with Gasteiger partial charge in [-0.05, 0) is 75.0 Å². The number of rotatable bonds is 5. The average Bonchev–Trinajstić information content (AvgIpc) is 3.54. The molecule has 1 aliphatic rings. The summed E-state index contributed by atoms with van der Waals surface area (Å²) < 4.78 is 10.9. The topological polar surface area (TPSA) is 57.2 Å². The van der Waals surface area contributed by atoms with Crippen LogP contribution < -0.4 is 0 Å². The van der Waals surface area contributed by atoms with Crippen LogP contribution in [0.5, 0.6) is 0 Å². The molecule has 0 radical (unpaired) electrons. The molecule has 214 valence electrons. The molecule has 0 N–H and O–H groups in total. The minimum Gasteiger partial charge on any atom is -0.414 e. The Balaban J connectivity index is 1.27. The summed E-state index contributed by atoms with van der Waals surface area (Å²) in [7, 11) is -1.75. The smallest absolute Gasteiger partial charge is 0.192 e. The van der Waals surface area contributed by atoms with Crippen molar-refractivity contribution in [2.24, 2.45) is 0 Å². The Kier molecular flexibility index (Phi) is 7.30. The third-order valence-corrected chi connectivity index (χ3v) is 14.3. The summed E-state index contributed by atoms with van der Waals surface area (Å²) in [5.41, 5.74) is 6.29. The van der Waals surface area contributed by atoms with Crippen molar-refractivity contribution in [1.29, 1.82) is 0 Å². The minimum absolute atomic E-state index is 0.235. The molecular formula is C32H37Cl2N5OSi. The van der Waals surface area contributed by atoms with Crippen molar-refractivity contribution < 1.29 is 4.43 Å². The molecule has 0 unspecified atom stereocenters. The first kappa shape index (κ1) is 28.4. The van der Waals surface area contributed by atoms with Gasteiger partial charge >= 0.3 is 0 Å². The van der Waals surface area contributed by atoms with Gasteiger partial charge in [-0.2, -0.15) is 5.10 Å². The predicted octanol–water partition coefficient (Wildman–Crippen LogP) is 9.53. The van der Waals surface area contributed by atoms with Crippen LogP contribution in [-0.2, 0) is 4.43 Å². The van der Waals surface area contributed by atoms with E-state index in [4.69, 9.17) is 42.7 Å². The SMILES string of the molecule is Cc1c(-c2c(Cl)cccc2Cl)nc2c3cc(-c4cnn(C5CCC(O[Si](C)(C)C(C)(C)C)CC5)c4)cnc3ccn12. The highest BCUT2D eigenvalue weighted by molar-refractivity contribution is 6.74. The van der Waals surface area contributed by atoms with Crippen LogP contribution in [0.4, 0.5) is 0 Å². The van der Waals surface area contributed by atoms with E-state index in [1.165, 1.54) is 0 Å². The first-order chi connectivity index (χ1) is 19.4. The quantitative estimate of drug-likeness (QED) is 0.187. The Morgan fingerprint density at radius 2 is 1.68 bits per heavy atom. The fraction of sp³-hybridized carbons (Fsp3) is 0.406. The molecule has 9 heteroatoms. The summed E-state index contributed by atoms with van der Waals surface area (Å²) in [5, 5.41) is 7.15. The molecule has 6 nitrogen and oxygen atoms in total. The lowest BCUT2D eigenvalue weighted by atomic mass is 9.93. The van der Waals surface area contributed by atoms with Gasteiger partial charge in [-0.15, -0.1) is 0 Å². The third-order valence-electron chi connectivity index (χ3n) is 9.11. The van der Waals surface area contributed by atoms with Crippen LogP contribution in [0.1, 0.15) is 58.2 Å². The van der Waals surface area contributed by atoms with Gasteiger partial charge in [-0.3, -0.25) is 9.67 Å². The number of nitrogens with zero attached hydrogens (tertiary/aromatic N) is 5. The van der Waals surface area contributed by atoms with Crippen LogP contribution in [0.25, 0.3) is 38.9 Å². The Labute approximate surface area is 252 Å². The van der Waals surface area contributed by atoms with E-state index in [2.05, 4.69) is 55.2 Å². The van der Waals surface area contributed by atoms with E-state index in [1.807, 2.05) is 49.8 Å². The van der Waals surface area contributed by atoms with Crippen molar-refractivity contribution in [3.63, 3.8) is 0 Å². The van der Waals surface area contributed by atoms with Crippen LogP contribution in [0.3, 0.4) is 0 Å². The molecule has 1 aliphatic carbocycles. The second-order valence-corrected chi connectivity index (χ2v) is 18.4. The van der Waals surface area contributed by atoms with Gasteiger partial charge in [-0.25, -0.2) is 4.98 Å². The van der Waals surface area contributed by atoms with Gasteiger partial charge in [0.25, 0.3) is 0 Å². The zero-order valence-electron chi connectivity index (χ0n) is 24.6. The van der Waals surface area contributed by atoms with Crippen molar-refractivity contribution >= 4 is 48.1 Å². The molecule has 4 heterocycles. The maximum atomic E-state index is 6.71. The van der Waals surface area contributed by atoms with Crippen LogP contribution >= 0.6 is 23.2 Å². The molecule has 1 aromatic carbocycles. The highest BCUT2D eigenvalue weighted by Gasteiger charge is 2.40. The zero-order valence-corrected chi connectivity index (χ0v) is 27.1. The first-order valence-corrected chi connectivity index (χ1v) is 18.0. The highest BCUT2D eigenvalue weighted by Crippen LogP contribution is 2.41. The Morgan fingerprint density at radius 3 is 2.37 bits per heavy atom. The summed E-state index contributed by atoms with van der Waals surface area (Å²) in [6.45, 7) is 13.7. The number of pyridine rings is 2. The molecule has 5 aromatic rings. The summed E-state index contributed by atoms with van der Waals surface area (Å²) in [6.07, 6.45) is 12.7. The molecule has 41 heavy (non-hydrogen) atoms. The van der Waals surface area contributed by atoms with Gasteiger partial charge in [0.15, 0.2) is 8.32 Å². The van der Waals surface area contributed by atoms with Gasteiger partial charge in [-0.1, -0.05) is 50.0 Å². The summed E-state index contributed by atoms with van der Waals surface area (Å²) >= 11 is 13.1. The molecule has 0 bridgehead atoms. The van der Waals surface area contributed by atoms with Crippen molar-refractivity contribution in [3.05, 3.63) is 70.9 Å². The van der Waals surface area contributed by atoms with Gasteiger partial charge in [0.1, 0.15) is 5.65 Å². The number of aromatic nitrogens is 5. The van der Waals surface area contributed by atoms with E-state index in [9.17, 15) is 0 Å². The van der Waals surface area contributed by atoms with Crippen molar-refractivity contribution in [2.75, 3.05) is 0 Å².